The Kier molecular flexibility index (Phi) is 5.44. The van der Waals surface area contributed by atoms with Crippen LogP contribution in [0.5, 0.6) is 0 Å². The zero-order valence-corrected chi connectivity index (χ0v) is 19.1. The molecule has 0 spiro atoms. The lowest BCUT2D eigenvalue weighted by atomic mass is 10.1. The molecule has 0 saturated carbocycles. The molecule has 170 valence electrons. The summed E-state index contributed by atoms with van der Waals surface area (Å²) >= 11 is 6.42. The highest BCUT2D eigenvalue weighted by molar-refractivity contribution is 6.31. The first kappa shape index (κ1) is 20.8. The van der Waals surface area contributed by atoms with Gasteiger partial charge in [0.25, 0.3) is 0 Å². The minimum Gasteiger partial charge on any atom is -0.378 e. The van der Waals surface area contributed by atoms with E-state index in [1.54, 1.807) is 6.20 Å². The highest BCUT2D eigenvalue weighted by Gasteiger charge is 2.20. The first-order valence-electron chi connectivity index (χ1n) is 11.2. The van der Waals surface area contributed by atoms with Crippen LogP contribution in [0.15, 0.2) is 67.1 Å². The van der Waals surface area contributed by atoms with Crippen LogP contribution < -0.4 is 4.90 Å². The molecule has 1 fully saturated rings. The van der Waals surface area contributed by atoms with E-state index in [0.29, 0.717) is 42.4 Å². The number of imidazole rings is 1. The van der Waals surface area contributed by atoms with Gasteiger partial charge in [0.05, 0.1) is 13.2 Å². The van der Waals surface area contributed by atoms with Crippen molar-refractivity contribution in [3.63, 3.8) is 0 Å². The molecule has 0 unspecified atom stereocenters. The third-order valence-corrected chi connectivity index (χ3v) is 6.35. The molecule has 4 heterocycles. The molecule has 0 bridgehead atoms. The van der Waals surface area contributed by atoms with E-state index in [1.807, 2.05) is 65.5 Å². The van der Waals surface area contributed by atoms with Crippen molar-refractivity contribution in [3.8, 4) is 17.3 Å². The Bertz CT molecular complexity index is 1450. The van der Waals surface area contributed by atoms with Crippen molar-refractivity contribution < 1.29 is 4.74 Å². The second-order valence-corrected chi connectivity index (χ2v) is 8.49. The number of halogens is 1. The highest BCUT2D eigenvalue weighted by Crippen LogP contribution is 2.28. The molecule has 3 aromatic heterocycles. The second kappa shape index (κ2) is 8.89. The van der Waals surface area contributed by atoms with Gasteiger partial charge in [-0.05, 0) is 23.8 Å². The Labute approximate surface area is 201 Å². The molecule has 0 amide bonds. The predicted octanol–water partition coefficient (Wildman–Crippen LogP) is 4.29. The van der Waals surface area contributed by atoms with E-state index in [0.717, 1.165) is 40.9 Å². The van der Waals surface area contributed by atoms with Gasteiger partial charge < -0.3 is 14.6 Å². The smallest absolute Gasteiger partial charge is 0.240 e. The van der Waals surface area contributed by atoms with Gasteiger partial charge in [-0.3, -0.25) is 4.57 Å². The summed E-state index contributed by atoms with van der Waals surface area (Å²) in [7, 11) is 0. The van der Waals surface area contributed by atoms with E-state index in [2.05, 4.69) is 14.9 Å². The number of fused-ring (bicyclic) bond motifs is 1. The molecule has 1 saturated heterocycles. The second-order valence-electron chi connectivity index (χ2n) is 8.08. The van der Waals surface area contributed by atoms with Gasteiger partial charge in [-0.25, -0.2) is 4.98 Å². The topological polar surface area (TPSA) is 84.8 Å². The van der Waals surface area contributed by atoms with Gasteiger partial charge in [0, 0.05) is 59.6 Å². The molecule has 0 atom stereocenters. The number of aromatic amines is 1. The van der Waals surface area contributed by atoms with E-state index in [9.17, 15) is 0 Å². The quantitative estimate of drug-likeness (QED) is 0.411. The van der Waals surface area contributed by atoms with Gasteiger partial charge in [-0.1, -0.05) is 41.9 Å². The molecular weight excluding hydrogens is 450 g/mol. The average Bonchev–Trinajstić information content (AvgIpc) is 3.55. The zero-order valence-electron chi connectivity index (χ0n) is 18.4. The van der Waals surface area contributed by atoms with Gasteiger partial charge >= 0.3 is 0 Å². The molecule has 8 nitrogen and oxygen atoms in total. The highest BCUT2D eigenvalue weighted by atomic mass is 35.5. The molecule has 34 heavy (non-hydrogen) atoms. The minimum absolute atomic E-state index is 0.526. The predicted molar refractivity (Wildman–Crippen MR) is 132 cm³/mol. The van der Waals surface area contributed by atoms with Crippen molar-refractivity contribution in [1.82, 2.24) is 29.5 Å². The maximum atomic E-state index is 6.42. The average molecular weight is 472 g/mol. The fourth-order valence-electron chi connectivity index (χ4n) is 4.23. The summed E-state index contributed by atoms with van der Waals surface area (Å²) in [5, 5.41) is 1.77. The van der Waals surface area contributed by atoms with E-state index in [1.165, 1.54) is 0 Å². The number of nitrogens with zero attached hydrogens (tertiary/aromatic N) is 6. The Morgan fingerprint density at radius 1 is 0.941 bits per heavy atom. The molecule has 0 aliphatic carbocycles. The van der Waals surface area contributed by atoms with E-state index in [-0.39, 0.29) is 0 Å². The van der Waals surface area contributed by atoms with Crippen LogP contribution in [0.25, 0.3) is 28.2 Å². The monoisotopic (exact) mass is 471 g/mol. The summed E-state index contributed by atoms with van der Waals surface area (Å²) in [5.74, 6) is 2.58. The molecule has 0 radical (unpaired) electrons. The SMILES string of the molecule is Clc1ccccc1Cc1nccn1-c1nc(-c2cccc3[nH]ccc23)nc(N2CCOCC2)n1. The Hall–Kier alpha value is -3.75. The van der Waals surface area contributed by atoms with Crippen molar-refractivity contribution in [2.45, 2.75) is 6.42 Å². The number of aromatic nitrogens is 6. The molecule has 1 aliphatic rings. The molecule has 1 N–H and O–H groups in total. The van der Waals surface area contributed by atoms with Crippen molar-refractivity contribution >= 4 is 28.5 Å². The van der Waals surface area contributed by atoms with Crippen molar-refractivity contribution in [1.29, 1.82) is 0 Å². The molecule has 6 rings (SSSR count). The van der Waals surface area contributed by atoms with E-state index >= 15 is 0 Å². The van der Waals surface area contributed by atoms with E-state index in [4.69, 9.17) is 31.3 Å². The number of morpholine rings is 1. The number of ether oxygens (including phenoxy) is 1. The number of anilines is 1. The number of H-pyrrole nitrogens is 1. The van der Waals surface area contributed by atoms with Gasteiger partial charge in [0.1, 0.15) is 5.82 Å². The normalized spacial score (nSPS) is 14.1. The van der Waals surface area contributed by atoms with Gasteiger partial charge in [-0.2, -0.15) is 15.0 Å². The summed E-state index contributed by atoms with van der Waals surface area (Å²) < 4.78 is 7.45. The number of nitrogens with one attached hydrogen (secondary N) is 1. The van der Waals surface area contributed by atoms with Crippen LogP contribution in [-0.4, -0.2) is 55.8 Å². The lowest BCUT2D eigenvalue weighted by Gasteiger charge is -2.27. The van der Waals surface area contributed by atoms with Gasteiger partial charge in [-0.15, -0.1) is 0 Å². The van der Waals surface area contributed by atoms with E-state index < -0.39 is 0 Å². The van der Waals surface area contributed by atoms with Crippen LogP contribution in [0.4, 0.5) is 5.95 Å². The van der Waals surface area contributed by atoms with Crippen LogP contribution in [0.1, 0.15) is 11.4 Å². The van der Waals surface area contributed by atoms with Crippen molar-refractivity contribution in [2.75, 3.05) is 31.2 Å². The van der Waals surface area contributed by atoms with Gasteiger partial charge in [0.2, 0.25) is 11.9 Å². The number of benzene rings is 2. The third kappa shape index (κ3) is 3.91. The Morgan fingerprint density at radius 2 is 1.79 bits per heavy atom. The van der Waals surface area contributed by atoms with Crippen LogP contribution in [0, 0.1) is 0 Å². The molecule has 9 heteroatoms. The number of hydrogen-bond acceptors (Lipinski definition) is 6. The maximum absolute atomic E-state index is 6.42. The largest absolute Gasteiger partial charge is 0.378 e. The standard InChI is InChI=1S/C25H22ClN7O/c26-20-6-2-1-4-17(20)16-22-28-10-11-33(22)25-30-23(19-5-3-7-21-18(19)8-9-27-21)29-24(31-25)32-12-14-34-15-13-32/h1-11,27H,12-16H2. The van der Waals surface area contributed by atoms with Crippen molar-refractivity contribution in [2.24, 2.45) is 0 Å². The molecule has 2 aromatic carbocycles. The van der Waals surface area contributed by atoms with Crippen molar-refractivity contribution in [3.05, 3.63) is 83.5 Å². The third-order valence-electron chi connectivity index (χ3n) is 5.98. The lowest BCUT2D eigenvalue weighted by Crippen LogP contribution is -2.37. The van der Waals surface area contributed by atoms with Crippen LogP contribution in [0.2, 0.25) is 5.02 Å². The molecule has 5 aromatic rings. The summed E-state index contributed by atoms with van der Waals surface area (Å²) in [4.78, 5) is 24.6. The van der Waals surface area contributed by atoms with Crippen LogP contribution in [-0.2, 0) is 11.2 Å². The maximum Gasteiger partial charge on any atom is 0.240 e. The number of rotatable bonds is 5. The molecule has 1 aliphatic heterocycles. The first-order chi connectivity index (χ1) is 16.8. The Balaban J connectivity index is 1.48. The lowest BCUT2D eigenvalue weighted by molar-refractivity contribution is 0.122. The summed E-state index contributed by atoms with van der Waals surface area (Å²) in [6.45, 7) is 2.75. The first-order valence-corrected chi connectivity index (χ1v) is 11.6. The zero-order chi connectivity index (χ0) is 22.9. The fraction of sp³-hybridized carbons (Fsp3) is 0.200. The Morgan fingerprint density at radius 3 is 2.68 bits per heavy atom. The van der Waals surface area contributed by atoms with Crippen LogP contribution >= 0.6 is 11.6 Å². The van der Waals surface area contributed by atoms with Crippen LogP contribution in [0.3, 0.4) is 0 Å². The number of hydrogen-bond donors (Lipinski definition) is 1. The summed E-state index contributed by atoms with van der Waals surface area (Å²) in [6, 6.07) is 15.9. The summed E-state index contributed by atoms with van der Waals surface area (Å²) in [6.07, 6.45) is 6.13. The minimum atomic E-state index is 0.526. The summed E-state index contributed by atoms with van der Waals surface area (Å²) in [5.41, 5.74) is 2.98. The fourth-order valence-corrected chi connectivity index (χ4v) is 4.43. The van der Waals surface area contributed by atoms with Gasteiger partial charge in [0.15, 0.2) is 5.82 Å². The molecular formula is C25H22ClN7O.